The molecule has 1 fully saturated rings. The Bertz CT molecular complexity index is 959. The standard InChI is InChI=1S/C28H39N3O4/c1-19(2)25-30-23(26(33)31(25)17-16-20-12-8-6-9-13-20)24(32)22(18-21-14-10-7-11-15-21)29-27(34)35-28(3,4)5/h6-15,19,22-25,30,32H,16-18H2,1-5H3,(H,29,34)/t22-,23-,24-,25?/m0/s1. The summed E-state index contributed by atoms with van der Waals surface area (Å²) < 4.78 is 5.44. The number of nitrogens with zero attached hydrogens (tertiary/aromatic N) is 1. The second kappa shape index (κ2) is 11.7. The van der Waals surface area contributed by atoms with Crippen LogP contribution in [-0.2, 0) is 22.4 Å². The van der Waals surface area contributed by atoms with Crippen LogP contribution in [0, 0.1) is 5.92 Å². The zero-order valence-electron chi connectivity index (χ0n) is 21.4. The first-order valence-corrected chi connectivity index (χ1v) is 12.4. The maximum atomic E-state index is 13.5. The van der Waals surface area contributed by atoms with Crippen LogP contribution in [0.1, 0.15) is 45.7 Å². The first-order valence-electron chi connectivity index (χ1n) is 12.4. The largest absolute Gasteiger partial charge is 0.444 e. The second-order valence-electron chi connectivity index (χ2n) is 10.5. The number of amides is 2. The zero-order chi connectivity index (χ0) is 25.6. The van der Waals surface area contributed by atoms with E-state index in [1.807, 2.05) is 65.6 Å². The summed E-state index contributed by atoms with van der Waals surface area (Å²) in [4.78, 5) is 27.9. The highest BCUT2D eigenvalue weighted by Crippen LogP contribution is 2.23. The van der Waals surface area contributed by atoms with Gasteiger partial charge in [-0.3, -0.25) is 10.1 Å². The van der Waals surface area contributed by atoms with Crippen LogP contribution < -0.4 is 10.6 Å². The summed E-state index contributed by atoms with van der Waals surface area (Å²) in [5.74, 6) is -0.00510. The smallest absolute Gasteiger partial charge is 0.407 e. The van der Waals surface area contributed by atoms with Gasteiger partial charge in [0.05, 0.1) is 18.3 Å². The quantitative estimate of drug-likeness (QED) is 0.510. The molecule has 0 spiro atoms. The van der Waals surface area contributed by atoms with Crippen molar-refractivity contribution in [2.75, 3.05) is 6.54 Å². The molecule has 0 aliphatic carbocycles. The lowest BCUT2D eigenvalue weighted by atomic mass is 9.96. The number of ether oxygens (including phenoxy) is 1. The van der Waals surface area contributed by atoms with Crippen molar-refractivity contribution >= 4 is 12.0 Å². The molecular weight excluding hydrogens is 442 g/mol. The molecule has 1 aliphatic heterocycles. The zero-order valence-corrected chi connectivity index (χ0v) is 21.4. The molecule has 3 N–H and O–H groups in total. The van der Waals surface area contributed by atoms with Crippen LogP contribution in [-0.4, -0.2) is 58.5 Å². The summed E-state index contributed by atoms with van der Waals surface area (Å²) in [6, 6.07) is 18.1. The topological polar surface area (TPSA) is 90.9 Å². The highest BCUT2D eigenvalue weighted by atomic mass is 16.6. The predicted octanol–water partition coefficient (Wildman–Crippen LogP) is 3.51. The van der Waals surface area contributed by atoms with E-state index in [1.165, 1.54) is 0 Å². The number of alkyl carbamates (subject to hydrolysis) is 1. The predicted molar refractivity (Wildman–Crippen MR) is 137 cm³/mol. The number of hydrogen-bond acceptors (Lipinski definition) is 5. The van der Waals surface area contributed by atoms with E-state index in [-0.39, 0.29) is 18.0 Å². The Morgan fingerprint density at radius 2 is 1.63 bits per heavy atom. The van der Waals surface area contributed by atoms with E-state index in [0.717, 1.165) is 17.5 Å². The fraction of sp³-hybridized carbons (Fsp3) is 0.500. The monoisotopic (exact) mass is 481 g/mol. The number of hydrogen-bond donors (Lipinski definition) is 3. The lowest BCUT2D eigenvalue weighted by Crippen LogP contribution is -2.55. The summed E-state index contributed by atoms with van der Waals surface area (Å²) in [6.07, 6.45) is -0.875. The SMILES string of the molecule is CC(C)C1N[C@@H]([C@@H](O)[C@H](Cc2ccccc2)NC(=O)OC(C)(C)C)C(=O)N1CCc1ccccc1. The Balaban J connectivity index is 1.78. The Labute approximate surface area is 208 Å². The Morgan fingerprint density at radius 1 is 1.06 bits per heavy atom. The summed E-state index contributed by atoms with van der Waals surface area (Å²) in [5.41, 5.74) is 1.42. The molecule has 2 aromatic carbocycles. The van der Waals surface area contributed by atoms with Crippen LogP contribution in [0.2, 0.25) is 0 Å². The van der Waals surface area contributed by atoms with Crippen molar-refractivity contribution in [1.29, 1.82) is 0 Å². The Kier molecular flexibility index (Phi) is 8.92. The van der Waals surface area contributed by atoms with Crippen molar-refractivity contribution in [2.24, 2.45) is 5.92 Å². The number of aliphatic hydroxyl groups is 1. The summed E-state index contributed by atoms with van der Waals surface area (Å²) >= 11 is 0. The van der Waals surface area contributed by atoms with E-state index in [1.54, 1.807) is 20.8 Å². The van der Waals surface area contributed by atoms with Crippen molar-refractivity contribution in [3.63, 3.8) is 0 Å². The number of benzene rings is 2. The van der Waals surface area contributed by atoms with Crippen molar-refractivity contribution in [1.82, 2.24) is 15.5 Å². The molecule has 7 heteroatoms. The van der Waals surface area contributed by atoms with E-state index in [2.05, 4.69) is 24.5 Å². The molecule has 0 saturated carbocycles. The molecule has 2 amide bonds. The maximum absolute atomic E-state index is 13.5. The highest BCUT2D eigenvalue weighted by Gasteiger charge is 2.46. The summed E-state index contributed by atoms with van der Waals surface area (Å²) in [6.45, 7) is 10.0. The normalized spacial score (nSPS) is 20.1. The van der Waals surface area contributed by atoms with Crippen LogP contribution >= 0.6 is 0 Å². The molecule has 1 heterocycles. The maximum Gasteiger partial charge on any atom is 0.407 e. The molecule has 7 nitrogen and oxygen atoms in total. The average Bonchev–Trinajstić information content (AvgIpc) is 3.13. The van der Waals surface area contributed by atoms with E-state index in [4.69, 9.17) is 4.74 Å². The van der Waals surface area contributed by atoms with Crippen LogP contribution in [0.4, 0.5) is 4.79 Å². The second-order valence-corrected chi connectivity index (χ2v) is 10.5. The van der Waals surface area contributed by atoms with E-state index in [9.17, 15) is 14.7 Å². The first kappa shape index (κ1) is 26.7. The summed E-state index contributed by atoms with van der Waals surface area (Å²) in [5, 5.41) is 17.6. The molecule has 0 aromatic heterocycles. The molecule has 1 saturated heterocycles. The lowest BCUT2D eigenvalue weighted by molar-refractivity contribution is -0.132. The first-order chi connectivity index (χ1) is 16.5. The number of nitrogens with one attached hydrogen (secondary N) is 2. The number of rotatable bonds is 9. The van der Waals surface area contributed by atoms with Gasteiger partial charge in [-0.25, -0.2) is 4.79 Å². The van der Waals surface area contributed by atoms with Gasteiger partial charge in [-0.2, -0.15) is 0 Å². The van der Waals surface area contributed by atoms with Gasteiger partial charge in [0.1, 0.15) is 11.6 Å². The highest BCUT2D eigenvalue weighted by molar-refractivity contribution is 5.85. The molecular formula is C28H39N3O4. The van der Waals surface area contributed by atoms with E-state index >= 15 is 0 Å². The minimum absolute atomic E-state index is 0.151. The van der Waals surface area contributed by atoms with Crippen molar-refractivity contribution in [3.8, 4) is 0 Å². The molecule has 2 aromatic rings. The van der Waals surface area contributed by atoms with Gasteiger partial charge in [0.25, 0.3) is 0 Å². The molecule has 1 aliphatic rings. The van der Waals surface area contributed by atoms with Crippen molar-refractivity contribution in [2.45, 2.75) is 77.4 Å². The van der Waals surface area contributed by atoms with Gasteiger partial charge in [0, 0.05) is 6.54 Å². The summed E-state index contributed by atoms with van der Waals surface area (Å²) in [7, 11) is 0. The lowest BCUT2D eigenvalue weighted by Gasteiger charge is -2.29. The minimum Gasteiger partial charge on any atom is -0.444 e. The van der Waals surface area contributed by atoms with Crippen LogP contribution in [0.3, 0.4) is 0 Å². The van der Waals surface area contributed by atoms with E-state index in [0.29, 0.717) is 13.0 Å². The average molecular weight is 482 g/mol. The number of aliphatic hydroxyl groups excluding tert-OH is 1. The third kappa shape index (κ3) is 7.54. The van der Waals surface area contributed by atoms with Crippen LogP contribution in [0.25, 0.3) is 0 Å². The van der Waals surface area contributed by atoms with Crippen LogP contribution in [0.15, 0.2) is 60.7 Å². The van der Waals surface area contributed by atoms with Gasteiger partial charge < -0.3 is 20.1 Å². The molecule has 35 heavy (non-hydrogen) atoms. The molecule has 3 rings (SSSR count). The Hall–Kier alpha value is -2.90. The molecule has 0 bridgehead atoms. The van der Waals surface area contributed by atoms with Gasteiger partial charge in [-0.1, -0.05) is 74.5 Å². The molecule has 190 valence electrons. The number of carbonyl (C=O) groups is 2. The van der Waals surface area contributed by atoms with Crippen molar-refractivity contribution < 1.29 is 19.4 Å². The van der Waals surface area contributed by atoms with Gasteiger partial charge >= 0.3 is 6.09 Å². The third-order valence-corrected chi connectivity index (χ3v) is 6.11. The fourth-order valence-corrected chi connectivity index (χ4v) is 4.42. The van der Waals surface area contributed by atoms with Crippen molar-refractivity contribution in [3.05, 3.63) is 71.8 Å². The minimum atomic E-state index is -1.14. The van der Waals surface area contributed by atoms with Gasteiger partial charge in [-0.15, -0.1) is 0 Å². The van der Waals surface area contributed by atoms with Gasteiger partial charge in [0.15, 0.2) is 0 Å². The van der Waals surface area contributed by atoms with Gasteiger partial charge in [0.2, 0.25) is 5.91 Å². The third-order valence-electron chi connectivity index (χ3n) is 6.11. The number of carbonyl (C=O) groups excluding carboxylic acids is 2. The van der Waals surface area contributed by atoms with Crippen LogP contribution in [0.5, 0.6) is 0 Å². The van der Waals surface area contributed by atoms with Gasteiger partial charge in [-0.05, 0) is 50.7 Å². The fourth-order valence-electron chi connectivity index (χ4n) is 4.42. The molecule has 4 atom stereocenters. The molecule has 1 unspecified atom stereocenters. The molecule has 0 radical (unpaired) electrons. The Morgan fingerprint density at radius 3 is 2.17 bits per heavy atom. The van der Waals surface area contributed by atoms with E-state index < -0.39 is 29.9 Å².